The maximum absolute atomic E-state index is 13.0. The van der Waals surface area contributed by atoms with Crippen LogP contribution in [0.1, 0.15) is 50.1 Å². The van der Waals surface area contributed by atoms with E-state index >= 15 is 0 Å². The van der Waals surface area contributed by atoms with Gasteiger partial charge in [0, 0.05) is 37.3 Å². The largest absolute Gasteiger partial charge is 0.496 e. The second-order valence-corrected chi connectivity index (χ2v) is 7.88. The van der Waals surface area contributed by atoms with Crippen molar-refractivity contribution in [2.45, 2.75) is 51.1 Å². The standard InChI is InChI=1S/C25H30N2O2/c1-29-24-15-14-21(20-10-4-5-11-22(20)24)23-12-9-19-27(23)25(28)13-3-2-6-16-26-17-7-8-18-26/h4-5,7-8,10-11,14-15,17-18,23H,2-3,6,9,12-13,16,19H2,1H3. The molecule has 1 saturated heterocycles. The first-order chi connectivity index (χ1) is 14.3. The molecule has 0 N–H and O–H groups in total. The molecule has 1 aromatic heterocycles. The summed E-state index contributed by atoms with van der Waals surface area (Å²) in [5.74, 6) is 1.19. The Bertz CT molecular complexity index is 949. The Morgan fingerprint density at radius 1 is 1.00 bits per heavy atom. The fourth-order valence-electron chi connectivity index (χ4n) is 4.56. The summed E-state index contributed by atoms with van der Waals surface area (Å²) in [6.07, 6.45) is 10.1. The summed E-state index contributed by atoms with van der Waals surface area (Å²) >= 11 is 0. The molecule has 1 amide bonds. The first kappa shape index (κ1) is 19.6. The lowest BCUT2D eigenvalue weighted by atomic mass is 9.96. The van der Waals surface area contributed by atoms with Crippen molar-refractivity contribution in [2.75, 3.05) is 13.7 Å². The maximum atomic E-state index is 13.0. The zero-order valence-electron chi connectivity index (χ0n) is 17.2. The lowest BCUT2D eigenvalue weighted by Gasteiger charge is -2.26. The number of nitrogens with zero attached hydrogens (tertiary/aromatic N) is 2. The van der Waals surface area contributed by atoms with E-state index in [0.717, 1.165) is 56.3 Å². The molecular weight excluding hydrogens is 360 g/mol. The number of unbranched alkanes of at least 4 members (excludes halogenated alkanes) is 2. The first-order valence-corrected chi connectivity index (χ1v) is 10.7. The van der Waals surface area contributed by atoms with Gasteiger partial charge in [-0.3, -0.25) is 4.79 Å². The van der Waals surface area contributed by atoms with Gasteiger partial charge in [-0.05, 0) is 54.8 Å². The molecule has 2 heterocycles. The molecule has 0 spiro atoms. The average molecular weight is 391 g/mol. The van der Waals surface area contributed by atoms with Crippen LogP contribution < -0.4 is 4.74 Å². The van der Waals surface area contributed by atoms with Crippen LogP contribution in [0.15, 0.2) is 60.9 Å². The number of carbonyl (C=O) groups excluding carboxylic acids is 1. The van der Waals surface area contributed by atoms with Crippen LogP contribution in [-0.2, 0) is 11.3 Å². The number of hydrogen-bond donors (Lipinski definition) is 0. The number of fused-ring (bicyclic) bond motifs is 1. The molecule has 2 aromatic carbocycles. The van der Waals surface area contributed by atoms with Gasteiger partial charge in [-0.25, -0.2) is 0 Å². The zero-order valence-corrected chi connectivity index (χ0v) is 17.2. The van der Waals surface area contributed by atoms with E-state index in [-0.39, 0.29) is 6.04 Å². The first-order valence-electron chi connectivity index (χ1n) is 10.7. The summed E-state index contributed by atoms with van der Waals surface area (Å²) in [7, 11) is 1.71. The van der Waals surface area contributed by atoms with E-state index in [1.807, 2.05) is 12.1 Å². The Morgan fingerprint density at radius 2 is 1.79 bits per heavy atom. The highest BCUT2D eigenvalue weighted by atomic mass is 16.5. The molecule has 4 rings (SSSR count). The van der Waals surface area contributed by atoms with Crippen molar-refractivity contribution in [1.82, 2.24) is 9.47 Å². The second kappa shape index (κ2) is 9.17. The van der Waals surface area contributed by atoms with Crippen molar-refractivity contribution in [3.63, 3.8) is 0 Å². The van der Waals surface area contributed by atoms with E-state index in [1.165, 1.54) is 10.9 Å². The number of aromatic nitrogens is 1. The van der Waals surface area contributed by atoms with E-state index in [2.05, 4.69) is 58.3 Å². The van der Waals surface area contributed by atoms with Crippen LogP contribution in [0.2, 0.25) is 0 Å². The van der Waals surface area contributed by atoms with Crippen molar-refractivity contribution in [3.05, 3.63) is 66.5 Å². The number of rotatable bonds is 8. The highest BCUT2D eigenvalue weighted by Gasteiger charge is 2.30. The molecule has 1 aliphatic heterocycles. The quantitative estimate of drug-likeness (QED) is 0.471. The van der Waals surface area contributed by atoms with Crippen LogP contribution in [0.3, 0.4) is 0 Å². The van der Waals surface area contributed by atoms with Crippen molar-refractivity contribution in [1.29, 1.82) is 0 Å². The Morgan fingerprint density at radius 3 is 2.59 bits per heavy atom. The summed E-state index contributed by atoms with van der Waals surface area (Å²) < 4.78 is 7.74. The molecule has 0 bridgehead atoms. The molecule has 1 atom stereocenters. The number of aryl methyl sites for hydroxylation is 1. The lowest BCUT2D eigenvalue weighted by molar-refractivity contribution is -0.132. The fraction of sp³-hybridized carbons (Fsp3) is 0.400. The van der Waals surface area contributed by atoms with Crippen LogP contribution in [0, 0.1) is 0 Å². The van der Waals surface area contributed by atoms with Crippen molar-refractivity contribution >= 4 is 16.7 Å². The number of amides is 1. The van der Waals surface area contributed by atoms with E-state index in [0.29, 0.717) is 12.3 Å². The minimum atomic E-state index is 0.179. The summed E-state index contributed by atoms with van der Waals surface area (Å²) in [5, 5.41) is 2.32. The molecule has 1 unspecified atom stereocenters. The number of carbonyl (C=O) groups is 1. The summed E-state index contributed by atoms with van der Waals surface area (Å²) in [6.45, 7) is 1.90. The third kappa shape index (κ3) is 4.31. The Kier molecular flexibility index (Phi) is 6.18. The van der Waals surface area contributed by atoms with E-state index < -0.39 is 0 Å². The Hall–Kier alpha value is -2.75. The van der Waals surface area contributed by atoms with Crippen LogP contribution in [0.25, 0.3) is 10.8 Å². The van der Waals surface area contributed by atoms with Gasteiger partial charge < -0.3 is 14.2 Å². The summed E-state index contributed by atoms with van der Waals surface area (Å²) in [4.78, 5) is 15.1. The topological polar surface area (TPSA) is 34.5 Å². The molecule has 0 aliphatic carbocycles. The normalized spacial score (nSPS) is 16.4. The minimum absolute atomic E-state index is 0.179. The van der Waals surface area contributed by atoms with Gasteiger partial charge in [0.1, 0.15) is 5.75 Å². The lowest BCUT2D eigenvalue weighted by Crippen LogP contribution is -2.30. The van der Waals surface area contributed by atoms with Gasteiger partial charge in [0.15, 0.2) is 0 Å². The van der Waals surface area contributed by atoms with Gasteiger partial charge in [-0.2, -0.15) is 0 Å². The Balaban J connectivity index is 1.40. The smallest absolute Gasteiger partial charge is 0.223 e. The highest BCUT2D eigenvalue weighted by molar-refractivity contribution is 5.92. The van der Waals surface area contributed by atoms with Gasteiger partial charge in [-0.15, -0.1) is 0 Å². The summed E-state index contributed by atoms with van der Waals surface area (Å²) in [6, 6.07) is 16.8. The van der Waals surface area contributed by atoms with E-state index in [4.69, 9.17) is 4.74 Å². The van der Waals surface area contributed by atoms with E-state index in [1.54, 1.807) is 7.11 Å². The molecule has 0 radical (unpaired) electrons. The fourth-order valence-corrected chi connectivity index (χ4v) is 4.56. The Labute approximate surface area is 173 Å². The third-order valence-corrected chi connectivity index (χ3v) is 6.04. The van der Waals surface area contributed by atoms with Gasteiger partial charge in [-0.1, -0.05) is 36.8 Å². The highest BCUT2D eigenvalue weighted by Crippen LogP contribution is 2.39. The number of methoxy groups -OCH3 is 1. The molecule has 3 aromatic rings. The predicted molar refractivity (Wildman–Crippen MR) is 117 cm³/mol. The number of benzene rings is 2. The SMILES string of the molecule is COc1ccc(C2CCCN2C(=O)CCCCCn2cccc2)c2ccccc12. The zero-order chi connectivity index (χ0) is 20.1. The van der Waals surface area contributed by atoms with Crippen molar-refractivity contribution < 1.29 is 9.53 Å². The molecule has 152 valence electrons. The van der Waals surface area contributed by atoms with Gasteiger partial charge in [0.2, 0.25) is 5.91 Å². The van der Waals surface area contributed by atoms with Crippen LogP contribution in [0.5, 0.6) is 5.75 Å². The second-order valence-electron chi connectivity index (χ2n) is 7.88. The monoisotopic (exact) mass is 390 g/mol. The number of likely N-dealkylation sites (tertiary alicyclic amines) is 1. The summed E-state index contributed by atoms with van der Waals surface area (Å²) in [5.41, 5.74) is 1.25. The maximum Gasteiger partial charge on any atom is 0.223 e. The van der Waals surface area contributed by atoms with E-state index in [9.17, 15) is 4.79 Å². The van der Waals surface area contributed by atoms with Crippen LogP contribution in [-0.4, -0.2) is 29.0 Å². The van der Waals surface area contributed by atoms with Crippen molar-refractivity contribution in [2.24, 2.45) is 0 Å². The van der Waals surface area contributed by atoms with Crippen LogP contribution in [0.4, 0.5) is 0 Å². The third-order valence-electron chi connectivity index (χ3n) is 6.04. The molecule has 0 saturated carbocycles. The number of ether oxygens (including phenoxy) is 1. The number of hydrogen-bond acceptors (Lipinski definition) is 2. The molecule has 29 heavy (non-hydrogen) atoms. The molecular formula is C25H30N2O2. The van der Waals surface area contributed by atoms with Gasteiger partial charge in [0.25, 0.3) is 0 Å². The van der Waals surface area contributed by atoms with Gasteiger partial charge >= 0.3 is 0 Å². The minimum Gasteiger partial charge on any atom is -0.496 e. The van der Waals surface area contributed by atoms with Crippen molar-refractivity contribution in [3.8, 4) is 5.75 Å². The predicted octanol–water partition coefficient (Wildman–Crippen LogP) is 5.57. The molecule has 4 heteroatoms. The molecule has 1 fully saturated rings. The molecule has 1 aliphatic rings. The average Bonchev–Trinajstić information content (AvgIpc) is 3.44. The van der Waals surface area contributed by atoms with Crippen LogP contribution >= 0.6 is 0 Å². The molecule has 4 nitrogen and oxygen atoms in total. The van der Waals surface area contributed by atoms with Gasteiger partial charge in [0.05, 0.1) is 13.2 Å².